The van der Waals surface area contributed by atoms with Crippen molar-refractivity contribution in [1.29, 1.82) is 0 Å². The maximum atomic E-state index is 11.3. The van der Waals surface area contributed by atoms with Gasteiger partial charge < -0.3 is 29.9 Å². The summed E-state index contributed by atoms with van der Waals surface area (Å²) in [6, 6.07) is 0. The van der Waals surface area contributed by atoms with Crippen molar-refractivity contribution in [3.8, 4) is 0 Å². The lowest BCUT2D eigenvalue weighted by atomic mass is 10.1. The molecule has 0 radical (unpaired) electrons. The lowest BCUT2D eigenvalue weighted by molar-refractivity contribution is -0.0221. The Morgan fingerprint density at radius 2 is 2.29 bits per heavy atom. The van der Waals surface area contributed by atoms with Crippen LogP contribution in [0, 0.1) is 0 Å². The number of nitrogen functional groups attached to an aromatic ring is 1. The molecule has 5 N–H and O–H groups in total. The predicted octanol–water partition coefficient (Wildman–Crippen LogP) is -1.34. The van der Waals surface area contributed by atoms with E-state index >= 15 is 0 Å². The summed E-state index contributed by atoms with van der Waals surface area (Å²) in [4.78, 5) is 32.2. The van der Waals surface area contributed by atoms with Crippen molar-refractivity contribution in [1.82, 2.24) is 9.55 Å². The molecule has 1 aliphatic rings. The van der Waals surface area contributed by atoms with Crippen LogP contribution in [0.1, 0.15) is 18.1 Å². The van der Waals surface area contributed by atoms with Gasteiger partial charge in [-0.25, -0.2) is 9.36 Å². The second-order valence-corrected chi connectivity index (χ2v) is 5.97. The van der Waals surface area contributed by atoms with Crippen molar-refractivity contribution in [2.24, 2.45) is 7.05 Å². The van der Waals surface area contributed by atoms with E-state index in [1.807, 2.05) is 0 Å². The van der Waals surface area contributed by atoms with Crippen LogP contribution in [0.5, 0.6) is 0 Å². The Kier molecular flexibility index (Phi) is 4.47. The molecular formula is C10H16N3O7P. The zero-order valence-electron chi connectivity index (χ0n) is 11.1. The Hall–Kier alpha value is -1.29. The molecule has 21 heavy (non-hydrogen) atoms. The normalized spacial score (nSPS) is 26.2. The minimum Gasteiger partial charge on any atom is -0.390 e. The zero-order valence-corrected chi connectivity index (χ0v) is 12.0. The Bertz CT molecular complexity index is 628. The molecule has 0 aromatic carbocycles. The summed E-state index contributed by atoms with van der Waals surface area (Å²) >= 11 is 0. The largest absolute Gasteiger partial charge is 0.469 e. The number of nitrogens with two attached hydrogens (primary N) is 1. The minimum atomic E-state index is -4.63. The van der Waals surface area contributed by atoms with Crippen molar-refractivity contribution in [3.63, 3.8) is 0 Å². The van der Waals surface area contributed by atoms with E-state index in [0.717, 1.165) is 0 Å². The fraction of sp³-hybridized carbons (Fsp3) is 0.600. The number of anilines is 1. The van der Waals surface area contributed by atoms with Gasteiger partial charge in [0, 0.05) is 25.2 Å². The van der Waals surface area contributed by atoms with Gasteiger partial charge in [-0.2, -0.15) is 4.98 Å². The van der Waals surface area contributed by atoms with Crippen LogP contribution < -0.4 is 11.4 Å². The Balaban J connectivity index is 2.12. The fourth-order valence-corrected chi connectivity index (χ4v) is 2.42. The second kappa shape index (κ2) is 5.84. The van der Waals surface area contributed by atoms with Gasteiger partial charge in [0.1, 0.15) is 11.9 Å². The first-order valence-electron chi connectivity index (χ1n) is 6.04. The van der Waals surface area contributed by atoms with E-state index in [-0.39, 0.29) is 12.2 Å². The van der Waals surface area contributed by atoms with E-state index in [9.17, 15) is 14.5 Å². The maximum absolute atomic E-state index is 11.3. The van der Waals surface area contributed by atoms with Gasteiger partial charge >= 0.3 is 13.5 Å². The Morgan fingerprint density at radius 3 is 2.90 bits per heavy atom. The topological polar surface area (TPSA) is 157 Å². The molecule has 0 bridgehead atoms. The molecule has 0 amide bonds. The summed E-state index contributed by atoms with van der Waals surface area (Å²) in [5.41, 5.74) is 5.57. The molecule has 10 nitrogen and oxygen atoms in total. The van der Waals surface area contributed by atoms with Crippen molar-refractivity contribution in [2.75, 3.05) is 12.3 Å². The van der Waals surface area contributed by atoms with Crippen LogP contribution in [-0.4, -0.2) is 43.3 Å². The van der Waals surface area contributed by atoms with Gasteiger partial charge in [0.15, 0.2) is 0 Å². The lowest BCUT2D eigenvalue weighted by Gasteiger charge is -2.16. The number of ether oxygens (including phenoxy) is 1. The summed E-state index contributed by atoms with van der Waals surface area (Å²) in [6.45, 7) is -0.457. The molecule has 0 aliphatic carbocycles. The molecule has 2 heterocycles. The van der Waals surface area contributed by atoms with Gasteiger partial charge in [0.25, 0.3) is 0 Å². The van der Waals surface area contributed by atoms with Gasteiger partial charge in [0.05, 0.1) is 18.8 Å². The summed E-state index contributed by atoms with van der Waals surface area (Å²) in [5, 5.41) is 9.84. The van der Waals surface area contributed by atoms with Gasteiger partial charge in [-0.15, -0.1) is 0 Å². The highest BCUT2D eigenvalue weighted by Gasteiger charge is 2.37. The van der Waals surface area contributed by atoms with Gasteiger partial charge in [-0.1, -0.05) is 0 Å². The summed E-state index contributed by atoms with van der Waals surface area (Å²) < 4.78 is 21.7. The predicted molar refractivity (Wildman–Crippen MR) is 70.1 cm³/mol. The average Bonchev–Trinajstić information content (AvgIpc) is 2.72. The zero-order chi connectivity index (χ0) is 15.8. The minimum absolute atomic E-state index is 0.00754. The van der Waals surface area contributed by atoms with E-state index < -0.39 is 38.4 Å². The van der Waals surface area contributed by atoms with Crippen LogP contribution in [0.4, 0.5) is 5.82 Å². The summed E-state index contributed by atoms with van der Waals surface area (Å²) in [6.07, 6.45) is -0.907. The molecule has 1 aromatic heterocycles. The van der Waals surface area contributed by atoms with Crippen molar-refractivity contribution in [2.45, 2.75) is 24.7 Å². The lowest BCUT2D eigenvalue weighted by Crippen LogP contribution is -2.26. The van der Waals surface area contributed by atoms with Crippen molar-refractivity contribution in [3.05, 3.63) is 22.2 Å². The monoisotopic (exact) mass is 321 g/mol. The van der Waals surface area contributed by atoms with Gasteiger partial charge in [-0.05, 0) is 0 Å². The molecule has 11 heteroatoms. The molecule has 0 unspecified atom stereocenters. The standard InChI is InChI=1S/C10H16N3O7P/c1-13-3-5(9(11)12-10(13)15)7-2-6(14)8(20-7)4-19-21(16,17)18/h3,6-8,14H,2,4H2,1H3,(H2,11,12,15)(H2,16,17,18)/t6-,7+,8+/m0/s1. The third kappa shape index (κ3) is 3.88. The van der Waals surface area contributed by atoms with Crippen molar-refractivity contribution < 1.29 is 28.7 Å². The molecule has 0 saturated carbocycles. The van der Waals surface area contributed by atoms with E-state index in [1.165, 1.54) is 17.8 Å². The fourth-order valence-electron chi connectivity index (χ4n) is 2.07. The first-order valence-corrected chi connectivity index (χ1v) is 7.57. The first-order chi connectivity index (χ1) is 9.67. The number of aromatic nitrogens is 2. The van der Waals surface area contributed by atoms with Gasteiger partial charge in [-0.3, -0.25) is 4.52 Å². The number of rotatable bonds is 4. The Labute approximate surface area is 119 Å². The number of hydrogen-bond acceptors (Lipinski definition) is 7. The average molecular weight is 321 g/mol. The highest BCUT2D eigenvalue weighted by Crippen LogP contribution is 2.39. The molecule has 0 spiro atoms. The number of aliphatic hydroxyl groups excluding tert-OH is 1. The molecule has 1 saturated heterocycles. The van der Waals surface area contributed by atoms with Crippen LogP contribution in [0.2, 0.25) is 0 Å². The van der Waals surface area contributed by atoms with E-state index in [1.54, 1.807) is 0 Å². The quantitative estimate of drug-likeness (QED) is 0.493. The summed E-state index contributed by atoms with van der Waals surface area (Å²) in [7, 11) is -3.14. The molecule has 1 fully saturated rings. The molecular weight excluding hydrogens is 305 g/mol. The third-order valence-electron chi connectivity index (χ3n) is 3.12. The third-order valence-corrected chi connectivity index (χ3v) is 3.61. The maximum Gasteiger partial charge on any atom is 0.469 e. The Morgan fingerprint density at radius 1 is 1.62 bits per heavy atom. The van der Waals surface area contributed by atoms with E-state index in [4.69, 9.17) is 20.3 Å². The number of phosphoric ester groups is 1. The number of aryl methyl sites for hydroxylation is 1. The number of phosphoric acid groups is 1. The number of hydrogen-bond donors (Lipinski definition) is 4. The molecule has 3 atom stereocenters. The van der Waals surface area contributed by atoms with E-state index in [0.29, 0.717) is 5.56 Å². The SMILES string of the molecule is Cn1cc([C@H]2C[C@H](O)[C@@H](COP(=O)(O)O)O2)c(N)nc1=O. The number of aliphatic hydroxyl groups is 1. The summed E-state index contributed by atoms with van der Waals surface area (Å²) in [5.74, 6) is -0.00754. The van der Waals surface area contributed by atoms with Crippen molar-refractivity contribution >= 4 is 13.6 Å². The number of nitrogens with zero attached hydrogens (tertiary/aromatic N) is 2. The second-order valence-electron chi connectivity index (χ2n) is 4.73. The van der Waals surface area contributed by atoms with Gasteiger partial charge in [0.2, 0.25) is 0 Å². The molecule has 1 aliphatic heterocycles. The van der Waals surface area contributed by atoms with Crippen LogP contribution in [0.3, 0.4) is 0 Å². The molecule has 2 rings (SSSR count). The highest BCUT2D eigenvalue weighted by molar-refractivity contribution is 7.46. The van der Waals surface area contributed by atoms with E-state index in [2.05, 4.69) is 9.51 Å². The molecule has 1 aromatic rings. The first kappa shape index (κ1) is 16.1. The van der Waals surface area contributed by atoms with Crippen LogP contribution in [0.15, 0.2) is 11.0 Å². The van der Waals surface area contributed by atoms with Crippen LogP contribution >= 0.6 is 7.82 Å². The molecule has 118 valence electrons. The van der Waals surface area contributed by atoms with Crippen LogP contribution in [-0.2, 0) is 20.9 Å². The highest BCUT2D eigenvalue weighted by atomic mass is 31.2. The van der Waals surface area contributed by atoms with Crippen LogP contribution in [0.25, 0.3) is 0 Å². The smallest absolute Gasteiger partial charge is 0.390 e.